The van der Waals surface area contributed by atoms with Gasteiger partial charge in [0.1, 0.15) is 5.82 Å². The lowest BCUT2D eigenvalue weighted by atomic mass is 9.73. The van der Waals surface area contributed by atoms with Crippen molar-refractivity contribution in [2.24, 2.45) is 11.8 Å². The minimum Gasteiger partial charge on any atom is -0.480 e. The highest BCUT2D eigenvalue weighted by Gasteiger charge is 2.45. The van der Waals surface area contributed by atoms with E-state index in [0.717, 1.165) is 42.9 Å². The van der Waals surface area contributed by atoms with Gasteiger partial charge in [-0.15, -0.1) is 0 Å². The fraction of sp³-hybridized carbons (Fsp3) is 0.742. The Morgan fingerprint density at radius 3 is 2.30 bits per heavy atom. The van der Waals surface area contributed by atoms with Crippen LogP contribution in [-0.4, -0.2) is 68.2 Å². The number of imidazole rings is 1. The van der Waals surface area contributed by atoms with Crippen LogP contribution in [-0.2, 0) is 4.79 Å². The summed E-state index contributed by atoms with van der Waals surface area (Å²) in [6.45, 7) is 1.81. The molecule has 5 fully saturated rings. The number of nitrogens with zero attached hydrogens (tertiary/aromatic N) is 4. The van der Waals surface area contributed by atoms with Crippen molar-refractivity contribution in [3.63, 3.8) is 0 Å². The van der Waals surface area contributed by atoms with Crippen molar-refractivity contribution in [3.05, 3.63) is 30.1 Å². The Bertz CT molecular complexity index is 1100. The quantitative estimate of drug-likeness (QED) is 0.555. The number of rotatable bonds is 5. The number of carboxylic acid groups (broad SMARTS) is 1. The largest absolute Gasteiger partial charge is 0.480 e. The molecule has 1 aromatic carbocycles. The first-order valence-electron chi connectivity index (χ1n) is 15.3. The van der Waals surface area contributed by atoms with Gasteiger partial charge in [0.2, 0.25) is 0 Å². The molecule has 2 aromatic rings. The van der Waals surface area contributed by atoms with E-state index >= 15 is 0 Å². The first kappa shape index (κ1) is 24.1. The molecule has 200 valence electrons. The predicted octanol–water partition coefficient (Wildman–Crippen LogP) is 5.83. The number of benzene rings is 1. The molecule has 6 nitrogen and oxygen atoms in total. The minimum absolute atomic E-state index is 0.142. The van der Waals surface area contributed by atoms with Crippen LogP contribution in [0.3, 0.4) is 0 Å². The lowest BCUT2D eigenvalue weighted by molar-refractivity contribution is -0.138. The average molecular weight is 505 g/mol. The third-order valence-electron chi connectivity index (χ3n) is 10.8. The number of aliphatic carboxylic acids is 1. The van der Waals surface area contributed by atoms with Crippen molar-refractivity contribution in [2.45, 2.75) is 114 Å². The van der Waals surface area contributed by atoms with Crippen LogP contribution in [0.2, 0.25) is 0 Å². The van der Waals surface area contributed by atoms with E-state index in [4.69, 9.17) is 4.98 Å². The van der Waals surface area contributed by atoms with Gasteiger partial charge in [-0.3, -0.25) is 14.6 Å². The number of para-hydroxylation sites is 2. The lowest BCUT2D eigenvalue weighted by Crippen LogP contribution is -2.58. The van der Waals surface area contributed by atoms with Crippen molar-refractivity contribution in [2.75, 3.05) is 19.6 Å². The van der Waals surface area contributed by atoms with Gasteiger partial charge in [-0.2, -0.15) is 0 Å². The summed E-state index contributed by atoms with van der Waals surface area (Å²) in [5, 5.41) is 9.33. The molecule has 37 heavy (non-hydrogen) atoms. The van der Waals surface area contributed by atoms with Gasteiger partial charge in [-0.25, -0.2) is 4.98 Å². The maximum Gasteiger partial charge on any atom is 0.317 e. The number of aromatic nitrogens is 2. The first-order valence-corrected chi connectivity index (χ1v) is 15.3. The maximum atomic E-state index is 11.3. The van der Waals surface area contributed by atoms with E-state index in [1.54, 1.807) is 0 Å². The van der Waals surface area contributed by atoms with Gasteiger partial charge >= 0.3 is 5.97 Å². The van der Waals surface area contributed by atoms with Crippen LogP contribution in [0.1, 0.15) is 101 Å². The first-order chi connectivity index (χ1) is 18.1. The molecule has 7 atom stereocenters. The predicted molar refractivity (Wildman–Crippen MR) is 146 cm³/mol. The Labute approximate surface area is 221 Å². The molecule has 0 amide bonds. The summed E-state index contributed by atoms with van der Waals surface area (Å²) in [5.41, 5.74) is 2.40. The van der Waals surface area contributed by atoms with E-state index in [2.05, 4.69) is 38.6 Å². The number of carbonyl (C=O) groups is 1. The number of hydrogen-bond acceptors (Lipinski definition) is 4. The molecule has 2 aliphatic carbocycles. The number of hydrogen-bond donors (Lipinski definition) is 1. The van der Waals surface area contributed by atoms with Crippen LogP contribution in [0.4, 0.5) is 0 Å². The van der Waals surface area contributed by atoms with E-state index in [1.165, 1.54) is 88.4 Å². The van der Waals surface area contributed by atoms with Crippen molar-refractivity contribution >= 4 is 17.0 Å². The third-order valence-corrected chi connectivity index (χ3v) is 10.8. The molecule has 3 aliphatic heterocycles. The maximum absolute atomic E-state index is 11.3. The van der Waals surface area contributed by atoms with Gasteiger partial charge in [0, 0.05) is 36.6 Å². The Kier molecular flexibility index (Phi) is 6.52. The highest BCUT2D eigenvalue weighted by molar-refractivity contribution is 5.76. The van der Waals surface area contributed by atoms with Crippen LogP contribution >= 0.6 is 0 Å². The molecular weight excluding hydrogens is 460 g/mol. The molecule has 3 unspecified atom stereocenters. The summed E-state index contributed by atoms with van der Waals surface area (Å²) >= 11 is 0. The summed E-state index contributed by atoms with van der Waals surface area (Å²) < 4.78 is 2.63. The molecular formula is C31H44N4O2. The van der Waals surface area contributed by atoms with E-state index in [-0.39, 0.29) is 6.54 Å². The highest BCUT2D eigenvalue weighted by atomic mass is 16.4. The number of likely N-dealkylation sites (tertiary alicyclic amines) is 1. The van der Waals surface area contributed by atoms with Crippen LogP contribution in [0, 0.1) is 11.8 Å². The highest BCUT2D eigenvalue weighted by Crippen LogP contribution is 2.48. The van der Waals surface area contributed by atoms with E-state index in [1.807, 2.05) is 0 Å². The lowest BCUT2D eigenvalue weighted by Gasteiger charge is -2.54. The van der Waals surface area contributed by atoms with Crippen molar-refractivity contribution in [3.8, 4) is 0 Å². The zero-order chi connectivity index (χ0) is 24.9. The second-order valence-corrected chi connectivity index (χ2v) is 13.1. The summed E-state index contributed by atoms with van der Waals surface area (Å²) in [4.78, 5) is 21.7. The third kappa shape index (κ3) is 4.63. The fourth-order valence-corrected chi connectivity index (χ4v) is 9.42. The Balaban J connectivity index is 1.17. The van der Waals surface area contributed by atoms with E-state index < -0.39 is 5.97 Å². The van der Waals surface area contributed by atoms with Gasteiger partial charge < -0.3 is 9.67 Å². The second-order valence-electron chi connectivity index (χ2n) is 13.1. The SMILES string of the molecule is O=C(O)CN1CCC(c2nc3ccccc3n2C2C[C@H]3CCC[C@@H](C2)N3C2C[C@H]3CCCC[C@@H](C2)C3)C1. The summed E-state index contributed by atoms with van der Waals surface area (Å²) in [6, 6.07) is 11.4. The molecule has 1 aromatic heterocycles. The van der Waals surface area contributed by atoms with Crippen LogP contribution in [0.25, 0.3) is 11.0 Å². The molecule has 6 heteroatoms. The molecule has 7 rings (SSSR count). The standard InChI is InChI=1S/C31H44N4O2/c36-30(37)20-33-13-12-23(19-33)31-32-28-10-3-4-11-29(28)35(31)27-17-24-8-5-9-25(18-27)34(24)26-15-21-6-1-2-7-22(14-21)16-26/h3-4,10-11,21-27H,1-2,5-9,12-20H2,(H,36,37)/t21-,22+,23?,24-,25+,26?,27?. The van der Waals surface area contributed by atoms with Crippen molar-refractivity contribution in [1.29, 1.82) is 0 Å². The van der Waals surface area contributed by atoms with Gasteiger partial charge in [-0.1, -0.05) is 44.2 Å². The van der Waals surface area contributed by atoms with Crippen LogP contribution in [0.15, 0.2) is 24.3 Å². The fourth-order valence-electron chi connectivity index (χ4n) is 9.42. The summed E-state index contributed by atoms with van der Waals surface area (Å²) in [5.74, 6) is 2.77. The number of fused-ring (bicyclic) bond motifs is 5. The Morgan fingerprint density at radius 2 is 1.57 bits per heavy atom. The minimum atomic E-state index is -0.725. The molecule has 3 saturated heterocycles. The average Bonchev–Trinajstić information content (AvgIpc) is 3.45. The van der Waals surface area contributed by atoms with Gasteiger partial charge in [0.25, 0.3) is 0 Å². The van der Waals surface area contributed by atoms with Crippen molar-refractivity contribution < 1.29 is 9.90 Å². The second kappa shape index (κ2) is 10.00. The molecule has 5 aliphatic rings. The van der Waals surface area contributed by atoms with Crippen LogP contribution in [0.5, 0.6) is 0 Å². The van der Waals surface area contributed by atoms with Gasteiger partial charge in [-0.05, 0) is 81.9 Å². The van der Waals surface area contributed by atoms with E-state index in [9.17, 15) is 9.90 Å². The van der Waals surface area contributed by atoms with E-state index in [0.29, 0.717) is 24.0 Å². The monoisotopic (exact) mass is 504 g/mol. The molecule has 0 spiro atoms. The summed E-state index contributed by atoms with van der Waals surface area (Å²) in [6.07, 6.45) is 17.9. The molecule has 4 bridgehead atoms. The molecule has 2 saturated carbocycles. The summed E-state index contributed by atoms with van der Waals surface area (Å²) in [7, 11) is 0. The van der Waals surface area contributed by atoms with Crippen molar-refractivity contribution in [1.82, 2.24) is 19.4 Å². The molecule has 1 N–H and O–H groups in total. The molecule has 4 heterocycles. The number of piperidine rings is 2. The zero-order valence-corrected chi connectivity index (χ0v) is 22.3. The Hall–Kier alpha value is -1.92. The smallest absolute Gasteiger partial charge is 0.317 e. The number of carboxylic acids is 1. The normalized spacial score (nSPS) is 37.0. The van der Waals surface area contributed by atoms with Gasteiger partial charge in [0.05, 0.1) is 17.6 Å². The van der Waals surface area contributed by atoms with Crippen LogP contribution < -0.4 is 0 Å². The Morgan fingerprint density at radius 1 is 0.838 bits per heavy atom. The zero-order valence-electron chi connectivity index (χ0n) is 22.3. The topological polar surface area (TPSA) is 61.6 Å². The molecule has 0 radical (unpaired) electrons. The van der Waals surface area contributed by atoms with Gasteiger partial charge in [0.15, 0.2) is 0 Å².